The van der Waals surface area contributed by atoms with Crippen molar-refractivity contribution in [3.63, 3.8) is 0 Å². The molecule has 0 radical (unpaired) electrons. The highest BCUT2D eigenvalue weighted by molar-refractivity contribution is 6.30. The zero-order chi connectivity index (χ0) is 25.6. The van der Waals surface area contributed by atoms with E-state index in [1.165, 1.54) is 0 Å². The van der Waals surface area contributed by atoms with Gasteiger partial charge in [0.2, 0.25) is 5.91 Å². The van der Waals surface area contributed by atoms with E-state index in [1.54, 1.807) is 0 Å². The number of nitrogens with one attached hydrogen (secondary N) is 1. The van der Waals surface area contributed by atoms with Gasteiger partial charge in [0.05, 0.1) is 17.1 Å². The molecule has 1 atom stereocenters. The monoisotopic (exact) mass is 510 g/mol. The minimum Gasteiger partial charge on any atom is -0.368 e. The van der Waals surface area contributed by atoms with Gasteiger partial charge in [-0.25, -0.2) is 9.97 Å². The summed E-state index contributed by atoms with van der Waals surface area (Å²) in [5, 5.41) is 13.7. The smallest absolute Gasteiger partial charge is 0.243 e. The molecule has 1 fully saturated rings. The molecule has 5 rings (SSSR count). The van der Waals surface area contributed by atoms with E-state index in [9.17, 15) is 10.1 Å². The van der Waals surface area contributed by atoms with Crippen LogP contribution in [-0.4, -0.2) is 48.6 Å². The molecule has 4 aromatic rings. The van der Waals surface area contributed by atoms with E-state index in [-0.39, 0.29) is 5.91 Å². The zero-order valence-electron chi connectivity index (χ0n) is 20.3. The van der Waals surface area contributed by atoms with Crippen molar-refractivity contribution in [2.75, 3.05) is 42.5 Å². The molecule has 8 heteroatoms. The summed E-state index contributed by atoms with van der Waals surface area (Å²) in [5.74, 6) is -0.829. The summed E-state index contributed by atoms with van der Waals surface area (Å²) < 4.78 is 0. The first-order chi connectivity index (χ1) is 18.1. The van der Waals surface area contributed by atoms with Gasteiger partial charge in [-0.3, -0.25) is 4.79 Å². The number of aromatic nitrogens is 2. The SMILES string of the molecule is N#C[C@@H](C(=O)NCCc1ccccc1)c1nc2ccccc2nc1N1CCN(c2cccc(Cl)c2)CC1. The zero-order valence-corrected chi connectivity index (χ0v) is 21.1. The Kier molecular flexibility index (Phi) is 7.48. The molecule has 1 amide bonds. The summed E-state index contributed by atoms with van der Waals surface area (Å²) in [6.07, 6.45) is 0.687. The molecule has 2 heterocycles. The van der Waals surface area contributed by atoms with E-state index in [1.807, 2.05) is 78.9 Å². The van der Waals surface area contributed by atoms with Crippen LogP contribution in [0.25, 0.3) is 11.0 Å². The molecular weight excluding hydrogens is 484 g/mol. The first-order valence-electron chi connectivity index (χ1n) is 12.4. The van der Waals surface area contributed by atoms with Crippen molar-refractivity contribution in [2.45, 2.75) is 12.3 Å². The fourth-order valence-corrected chi connectivity index (χ4v) is 4.79. The van der Waals surface area contributed by atoms with Crippen LogP contribution < -0.4 is 15.1 Å². The average Bonchev–Trinajstić information content (AvgIpc) is 2.94. The number of nitrogens with zero attached hydrogens (tertiary/aromatic N) is 5. The van der Waals surface area contributed by atoms with Gasteiger partial charge in [0, 0.05) is 43.4 Å². The quantitative estimate of drug-likeness (QED) is 0.392. The molecule has 0 spiro atoms. The number of carbonyl (C=O) groups is 1. The molecule has 1 saturated heterocycles. The number of anilines is 2. The molecular formula is C29H27ClN6O. The number of hydrogen-bond donors (Lipinski definition) is 1. The summed E-state index contributed by atoms with van der Waals surface area (Å²) >= 11 is 6.19. The summed E-state index contributed by atoms with van der Waals surface area (Å²) in [4.78, 5) is 27.2. The molecule has 1 aliphatic rings. The number of rotatable bonds is 7. The van der Waals surface area contributed by atoms with Gasteiger partial charge in [-0.15, -0.1) is 0 Å². The molecule has 0 unspecified atom stereocenters. The first kappa shape index (κ1) is 24.5. The van der Waals surface area contributed by atoms with E-state index < -0.39 is 5.92 Å². The molecule has 186 valence electrons. The molecule has 37 heavy (non-hydrogen) atoms. The van der Waals surface area contributed by atoms with Crippen LogP contribution in [0.15, 0.2) is 78.9 Å². The van der Waals surface area contributed by atoms with E-state index in [0.717, 1.165) is 29.9 Å². The van der Waals surface area contributed by atoms with E-state index >= 15 is 0 Å². The molecule has 1 aromatic heterocycles. The second-order valence-electron chi connectivity index (χ2n) is 8.96. The van der Waals surface area contributed by atoms with Gasteiger partial charge in [-0.2, -0.15) is 5.26 Å². The third kappa shape index (κ3) is 5.65. The van der Waals surface area contributed by atoms with Crippen molar-refractivity contribution in [3.05, 3.63) is 95.1 Å². The molecule has 3 aromatic carbocycles. The highest BCUT2D eigenvalue weighted by Crippen LogP contribution is 2.29. The predicted molar refractivity (Wildman–Crippen MR) is 147 cm³/mol. The van der Waals surface area contributed by atoms with Crippen LogP contribution in [0.2, 0.25) is 5.02 Å². The molecule has 0 aliphatic carbocycles. The minimum atomic E-state index is -1.06. The Morgan fingerprint density at radius 3 is 2.30 bits per heavy atom. The van der Waals surface area contributed by atoms with Gasteiger partial charge in [-0.05, 0) is 42.3 Å². The number of para-hydroxylation sites is 2. The molecule has 1 aliphatic heterocycles. The Bertz CT molecular complexity index is 1430. The fourth-order valence-electron chi connectivity index (χ4n) is 4.60. The van der Waals surface area contributed by atoms with Crippen molar-refractivity contribution in [1.82, 2.24) is 15.3 Å². The number of carbonyl (C=O) groups excluding carboxylic acids is 1. The highest BCUT2D eigenvalue weighted by atomic mass is 35.5. The predicted octanol–water partition coefficient (Wildman–Crippen LogP) is 4.58. The summed E-state index contributed by atoms with van der Waals surface area (Å²) in [7, 11) is 0. The van der Waals surface area contributed by atoms with Crippen LogP contribution in [0.4, 0.5) is 11.5 Å². The number of halogens is 1. The van der Waals surface area contributed by atoms with Crippen LogP contribution in [0, 0.1) is 11.3 Å². The van der Waals surface area contributed by atoms with Crippen molar-refractivity contribution >= 4 is 40.0 Å². The van der Waals surface area contributed by atoms with Crippen molar-refractivity contribution in [1.29, 1.82) is 5.26 Å². The number of amides is 1. The summed E-state index contributed by atoms with van der Waals surface area (Å²) in [6.45, 7) is 3.32. The van der Waals surface area contributed by atoms with Gasteiger partial charge >= 0.3 is 0 Å². The number of hydrogen-bond acceptors (Lipinski definition) is 6. The topological polar surface area (TPSA) is 85.1 Å². The molecule has 0 bridgehead atoms. The third-order valence-electron chi connectivity index (χ3n) is 6.55. The van der Waals surface area contributed by atoms with Crippen LogP contribution in [-0.2, 0) is 11.2 Å². The third-order valence-corrected chi connectivity index (χ3v) is 6.79. The fraction of sp³-hybridized carbons (Fsp3) is 0.241. The number of benzene rings is 3. The van der Waals surface area contributed by atoms with Crippen LogP contribution in [0.5, 0.6) is 0 Å². The number of nitriles is 1. The Morgan fingerprint density at radius 1 is 0.919 bits per heavy atom. The van der Waals surface area contributed by atoms with E-state index in [4.69, 9.17) is 21.6 Å². The molecule has 7 nitrogen and oxygen atoms in total. The van der Waals surface area contributed by atoms with Crippen LogP contribution in [0.3, 0.4) is 0 Å². The Hall–Kier alpha value is -4.15. The molecule has 1 N–H and O–H groups in total. The summed E-state index contributed by atoms with van der Waals surface area (Å²) in [5.41, 5.74) is 4.00. The Labute approximate surface area is 221 Å². The highest BCUT2D eigenvalue weighted by Gasteiger charge is 2.30. The maximum Gasteiger partial charge on any atom is 0.243 e. The van der Waals surface area contributed by atoms with Crippen molar-refractivity contribution < 1.29 is 4.79 Å². The minimum absolute atomic E-state index is 0.359. The Balaban J connectivity index is 1.37. The maximum atomic E-state index is 13.2. The second kappa shape index (κ2) is 11.3. The first-order valence-corrected chi connectivity index (χ1v) is 12.7. The van der Waals surface area contributed by atoms with Gasteiger partial charge in [0.15, 0.2) is 11.7 Å². The largest absolute Gasteiger partial charge is 0.368 e. The maximum absolute atomic E-state index is 13.2. The number of fused-ring (bicyclic) bond motifs is 1. The van der Waals surface area contributed by atoms with Crippen molar-refractivity contribution in [3.8, 4) is 6.07 Å². The number of piperazine rings is 1. The summed E-state index contributed by atoms with van der Waals surface area (Å²) in [6, 6.07) is 27.5. The second-order valence-corrected chi connectivity index (χ2v) is 9.40. The van der Waals surface area contributed by atoms with Gasteiger partial charge in [0.25, 0.3) is 0 Å². The van der Waals surface area contributed by atoms with Crippen LogP contribution >= 0.6 is 11.6 Å². The Morgan fingerprint density at radius 2 is 1.59 bits per heavy atom. The van der Waals surface area contributed by atoms with E-state index in [0.29, 0.717) is 48.1 Å². The van der Waals surface area contributed by atoms with Gasteiger partial charge in [-0.1, -0.05) is 60.1 Å². The van der Waals surface area contributed by atoms with Crippen LogP contribution in [0.1, 0.15) is 17.2 Å². The lowest BCUT2D eigenvalue weighted by Gasteiger charge is -2.37. The normalized spacial score (nSPS) is 14.3. The lowest BCUT2D eigenvalue weighted by atomic mass is 10.0. The van der Waals surface area contributed by atoms with Crippen molar-refractivity contribution in [2.24, 2.45) is 0 Å². The standard InChI is InChI=1S/C29H27ClN6O/c30-22-9-6-10-23(19-22)35-15-17-36(18-16-35)28-27(33-25-11-4-5-12-26(25)34-28)24(20-31)29(37)32-14-13-21-7-2-1-3-8-21/h1-12,19,24H,13-18H2,(H,32,37)/t24-/m1/s1. The van der Waals surface area contributed by atoms with E-state index in [2.05, 4.69) is 21.2 Å². The lowest BCUT2D eigenvalue weighted by Crippen LogP contribution is -2.47. The van der Waals surface area contributed by atoms with Gasteiger partial charge in [0.1, 0.15) is 5.69 Å². The molecule has 0 saturated carbocycles. The average molecular weight is 511 g/mol. The van der Waals surface area contributed by atoms with Gasteiger partial charge < -0.3 is 15.1 Å². The lowest BCUT2D eigenvalue weighted by molar-refractivity contribution is -0.121.